The molecule has 0 spiro atoms. The second kappa shape index (κ2) is 6.30. The summed E-state index contributed by atoms with van der Waals surface area (Å²) >= 11 is 0. The van der Waals surface area contributed by atoms with Gasteiger partial charge in [-0.3, -0.25) is 0 Å². The van der Waals surface area contributed by atoms with Crippen molar-refractivity contribution in [2.24, 2.45) is 11.8 Å². The molecule has 3 unspecified atom stereocenters. The van der Waals surface area contributed by atoms with Gasteiger partial charge in [-0.15, -0.1) is 0 Å². The summed E-state index contributed by atoms with van der Waals surface area (Å²) < 4.78 is 13.0. The Kier molecular flexibility index (Phi) is 4.72. The lowest BCUT2D eigenvalue weighted by Crippen LogP contribution is -2.26. The van der Waals surface area contributed by atoms with Crippen molar-refractivity contribution in [2.75, 3.05) is 13.1 Å². The topological polar surface area (TPSA) is 32.3 Å². The van der Waals surface area contributed by atoms with Crippen LogP contribution in [0.25, 0.3) is 0 Å². The van der Waals surface area contributed by atoms with Crippen molar-refractivity contribution in [3.05, 3.63) is 35.6 Å². The first-order valence-electron chi connectivity index (χ1n) is 6.79. The summed E-state index contributed by atoms with van der Waals surface area (Å²) in [4.78, 5) is 0. The van der Waals surface area contributed by atoms with Gasteiger partial charge in [0.2, 0.25) is 0 Å². The highest BCUT2D eigenvalue weighted by molar-refractivity contribution is 5.18. The van der Waals surface area contributed by atoms with Gasteiger partial charge in [-0.2, -0.15) is 0 Å². The van der Waals surface area contributed by atoms with Crippen molar-refractivity contribution < 1.29 is 9.50 Å². The molecular weight excluding hydrogens is 229 g/mol. The first kappa shape index (κ1) is 13.5. The molecule has 1 fully saturated rings. The van der Waals surface area contributed by atoms with Crippen molar-refractivity contribution in [2.45, 2.75) is 32.3 Å². The van der Waals surface area contributed by atoms with Crippen molar-refractivity contribution in [3.63, 3.8) is 0 Å². The monoisotopic (exact) mass is 251 g/mol. The van der Waals surface area contributed by atoms with E-state index in [0.717, 1.165) is 18.4 Å². The Morgan fingerprint density at radius 3 is 2.94 bits per heavy atom. The van der Waals surface area contributed by atoms with Gasteiger partial charge in [-0.25, -0.2) is 4.39 Å². The summed E-state index contributed by atoms with van der Waals surface area (Å²) in [6.07, 6.45) is 3.26. The molecular formula is C15H22FNO. The van der Waals surface area contributed by atoms with Gasteiger partial charge in [-0.1, -0.05) is 25.5 Å². The standard InChI is InChI=1S/C15H22FNO/c1-11-5-6-12(7-11)9-17-10-15(18)13-3-2-4-14(16)8-13/h2-4,8,11-12,15,17-18H,5-7,9-10H2,1H3. The molecule has 0 bridgehead atoms. The van der Waals surface area contributed by atoms with Crippen molar-refractivity contribution in [1.29, 1.82) is 0 Å². The number of nitrogens with one attached hydrogen (secondary N) is 1. The zero-order valence-corrected chi connectivity index (χ0v) is 10.9. The summed E-state index contributed by atoms with van der Waals surface area (Å²) in [6.45, 7) is 3.74. The Hall–Kier alpha value is -0.930. The maximum atomic E-state index is 13.0. The molecule has 100 valence electrons. The van der Waals surface area contributed by atoms with Crippen LogP contribution in [0.2, 0.25) is 0 Å². The predicted octanol–water partition coefficient (Wildman–Crippen LogP) is 2.88. The number of benzene rings is 1. The molecule has 0 saturated heterocycles. The molecule has 18 heavy (non-hydrogen) atoms. The number of halogens is 1. The average molecular weight is 251 g/mol. The van der Waals surface area contributed by atoms with Crippen LogP contribution in [0.3, 0.4) is 0 Å². The van der Waals surface area contributed by atoms with Crippen LogP contribution in [0.5, 0.6) is 0 Å². The minimum Gasteiger partial charge on any atom is -0.387 e. The van der Waals surface area contributed by atoms with Crippen LogP contribution in [-0.4, -0.2) is 18.2 Å². The van der Waals surface area contributed by atoms with Crippen molar-refractivity contribution in [1.82, 2.24) is 5.32 Å². The Balaban J connectivity index is 1.73. The largest absolute Gasteiger partial charge is 0.387 e. The lowest BCUT2D eigenvalue weighted by molar-refractivity contribution is 0.172. The van der Waals surface area contributed by atoms with E-state index in [1.54, 1.807) is 12.1 Å². The second-order valence-electron chi connectivity index (χ2n) is 5.51. The third-order valence-corrected chi connectivity index (χ3v) is 3.81. The third kappa shape index (κ3) is 3.79. The molecule has 2 nitrogen and oxygen atoms in total. The van der Waals surface area contributed by atoms with E-state index >= 15 is 0 Å². The molecule has 0 radical (unpaired) electrons. The molecule has 3 atom stereocenters. The van der Waals surface area contributed by atoms with Crippen LogP contribution in [0, 0.1) is 17.7 Å². The first-order chi connectivity index (χ1) is 8.65. The van der Waals surface area contributed by atoms with Crippen LogP contribution < -0.4 is 5.32 Å². The van der Waals surface area contributed by atoms with E-state index in [1.165, 1.54) is 31.4 Å². The number of aliphatic hydroxyl groups excluding tert-OH is 1. The molecule has 1 aliphatic rings. The van der Waals surface area contributed by atoms with E-state index in [9.17, 15) is 9.50 Å². The van der Waals surface area contributed by atoms with E-state index in [-0.39, 0.29) is 5.82 Å². The highest BCUT2D eigenvalue weighted by atomic mass is 19.1. The minimum absolute atomic E-state index is 0.295. The van der Waals surface area contributed by atoms with Crippen LogP contribution in [-0.2, 0) is 0 Å². The van der Waals surface area contributed by atoms with E-state index in [0.29, 0.717) is 12.1 Å². The fourth-order valence-corrected chi connectivity index (χ4v) is 2.77. The number of rotatable bonds is 5. The number of hydrogen-bond acceptors (Lipinski definition) is 2. The van der Waals surface area contributed by atoms with Gasteiger partial charge in [0.1, 0.15) is 5.82 Å². The van der Waals surface area contributed by atoms with E-state index in [4.69, 9.17) is 0 Å². The summed E-state index contributed by atoms with van der Waals surface area (Å²) in [5, 5.41) is 13.2. The molecule has 2 rings (SSSR count). The highest BCUT2D eigenvalue weighted by Crippen LogP contribution is 2.29. The Morgan fingerprint density at radius 1 is 1.44 bits per heavy atom. The number of aliphatic hydroxyl groups is 1. The zero-order chi connectivity index (χ0) is 13.0. The Labute approximate surface area is 108 Å². The molecule has 1 aliphatic carbocycles. The minimum atomic E-state index is -0.625. The fourth-order valence-electron chi connectivity index (χ4n) is 2.77. The van der Waals surface area contributed by atoms with E-state index < -0.39 is 6.10 Å². The van der Waals surface area contributed by atoms with Gasteiger partial charge in [-0.05, 0) is 48.9 Å². The Bertz CT molecular complexity index is 383. The van der Waals surface area contributed by atoms with E-state index in [1.807, 2.05) is 0 Å². The van der Waals surface area contributed by atoms with Crippen LogP contribution in [0.15, 0.2) is 24.3 Å². The molecule has 1 aromatic carbocycles. The van der Waals surface area contributed by atoms with Crippen LogP contribution >= 0.6 is 0 Å². The average Bonchev–Trinajstić information content (AvgIpc) is 2.75. The summed E-state index contributed by atoms with van der Waals surface area (Å²) in [5.41, 5.74) is 0.641. The van der Waals surface area contributed by atoms with Gasteiger partial charge < -0.3 is 10.4 Å². The van der Waals surface area contributed by atoms with Crippen molar-refractivity contribution >= 4 is 0 Å². The summed E-state index contributed by atoms with van der Waals surface area (Å²) in [7, 11) is 0. The van der Waals surface area contributed by atoms with Crippen molar-refractivity contribution in [3.8, 4) is 0 Å². The molecule has 1 saturated carbocycles. The predicted molar refractivity (Wildman–Crippen MR) is 70.7 cm³/mol. The maximum Gasteiger partial charge on any atom is 0.123 e. The maximum absolute atomic E-state index is 13.0. The lowest BCUT2D eigenvalue weighted by Gasteiger charge is -2.15. The molecule has 3 heteroatoms. The smallest absolute Gasteiger partial charge is 0.123 e. The molecule has 0 aromatic heterocycles. The molecule has 0 heterocycles. The van der Waals surface area contributed by atoms with E-state index in [2.05, 4.69) is 12.2 Å². The highest BCUT2D eigenvalue weighted by Gasteiger charge is 2.21. The molecule has 0 amide bonds. The lowest BCUT2D eigenvalue weighted by atomic mass is 10.1. The van der Waals surface area contributed by atoms with Crippen LogP contribution in [0.1, 0.15) is 37.9 Å². The van der Waals surface area contributed by atoms with Gasteiger partial charge in [0.15, 0.2) is 0 Å². The Morgan fingerprint density at radius 2 is 2.28 bits per heavy atom. The normalized spacial score (nSPS) is 25.3. The molecule has 0 aliphatic heterocycles. The van der Waals surface area contributed by atoms with Gasteiger partial charge in [0.25, 0.3) is 0 Å². The zero-order valence-electron chi connectivity index (χ0n) is 10.9. The number of hydrogen-bond donors (Lipinski definition) is 2. The third-order valence-electron chi connectivity index (χ3n) is 3.81. The summed E-state index contributed by atoms with van der Waals surface area (Å²) in [6, 6.07) is 6.17. The molecule has 1 aromatic rings. The quantitative estimate of drug-likeness (QED) is 0.843. The second-order valence-corrected chi connectivity index (χ2v) is 5.51. The van der Waals surface area contributed by atoms with Gasteiger partial charge >= 0.3 is 0 Å². The SMILES string of the molecule is CC1CCC(CNCC(O)c2cccc(F)c2)C1. The van der Waals surface area contributed by atoms with Gasteiger partial charge in [0.05, 0.1) is 6.10 Å². The first-order valence-corrected chi connectivity index (χ1v) is 6.79. The van der Waals surface area contributed by atoms with Gasteiger partial charge in [0, 0.05) is 6.54 Å². The fraction of sp³-hybridized carbons (Fsp3) is 0.600. The molecule has 2 N–H and O–H groups in total. The summed E-state index contributed by atoms with van der Waals surface area (Å²) in [5.74, 6) is 1.28. The van der Waals surface area contributed by atoms with Crippen LogP contribution in [0.4, 0.5) is 4.39 Å².